The second-order valence-electron chi connectivity index (χ2n) is 15.3. The van der Waals surface area contributed by atoms with Crippen molar-refractivity contribution < 1.29 is 26.2 Å². The summed E-state index contributed by atoms with van der Waals surface area (Å²) in [6.45, 7) is 15.3. The van der Waals surface area contributed by atoms with E-state index in [0.29, 0.717) is 5.75 Å². The van der Waals surface area contributed by atoms with E-state index in [1.807, 2.05) is 12.3 Å². The normalized spacial score (nSPS) is 12.5. The van der Waals surface area contributed by atoms with E-state index in [4.69, 9.17) is 9.97 Å². The summed E-state index contributed by atoms with van der Waals surface area (Å²) in [5.41, 5.74) is 12.0. The van der Waals surface area contributed by atoms with Crippen molar-refractivity contribution in [2.75, 3.05) is 0 Å². The molecule has 1 N–H and O–H groups in total. The van der Waals surface area contributed by atoms with Crippen LogP contribution in [0.3, 0.4) is 0 Å². The van der Waals surface area contributed by atoms with Crippen LogP contribution in [-0.4, -0.2) is 15.1 Å². The summed E-state index contributed by atoms with van der Waals surface area (Å²) >= 11 is 1.62. The van der Waals surface area contributed by atoms with Gasteiger partial charge in [0.05, 0.1) is 11.1 Å². The van der Waals surface area contributed by atoms with Crippen LogP contribution in [-0.2, 0) is 31.9 Å². The maximum atomic E-state index is 11.7. The van der Waals surface area contributed by atoms with Crippen molar-refractivity contribution in [3.05, 3.63) is 150 Å². The summed E-state index contributed by atoms with van der Waals surface area (Å²) in [6.07, 6.45) is 1.88. The summed E-state index contributed by atoms with van der Waals surface area (Å²) < 4.78 is 1.07. The minimum Gasteiger partial charge on any atom is -0.507 e. The summed E-state index contributed by atoms with van der Waals surface area (Å²) in [7, 11) is 0. The number of rotatable bonds is 6. The molecule has 0 aliphatic rings. The summed E-state index contributed by atoms with van der Waals surface area (Å²) in [4.78, 5) is 10.1. The Hall–Kier alpha value is -4.37. The predicted molar refractivity (Wildman–Crippen MR) is 211 cm³/mol. The van der Waals surface area contributed by atoms with Crippen LogP contribution in [0.25, 0.3) is 54.3 Å². The van der Waals surface area contributed by atoms with Crippen LogP contribution >= 0.6 is 11.3 Å². The molecule has 5 heteroatoms. The summed E-state index contributed by atoms with van der Waals surface area (Å²) in [5.74, 6) is 0.460. The third-order valence-electron chi connectivity index (χ3n) is 9.56. The molecular formula is C46H43N2OPtS-. The molecule has 7 aromatic rings. The molecule has 0 saturated heterocycles. The van der Waals surface area contributed by atoms with Crippen molar-refractivity contribution >= 4 is 21.6 Å². The van der Waals surface area contributed by atoms with Crippen molar-refractivity contribution in [3.8, 4) is 49.8 Å². The minimum atomic E-state index is -0.227. The van der Waals surface area contributed by atoms with Crippen LogP contribution < -0.4 is 0 Å². The van der Waals surface area contributed by atoms with E-state index in [0.717, 1.165) is 59.9 Å². The Morgan fingerprint density at radius 2 is 1.35 bits per heavy atom. The largest absolute Gasteiger partial charge is 0.507 e. The molecule has 1 atom stereocenters. The van der Waals surface area contributed by atoms with Crippen molar-refractivity contribution in [1.82, 2.24) is 9.97 Å². The fourth-order valence-electron chi connectivity index (χ4n) is 6.53. The Balaban J connectivity index is 0.00000448. The van der Waals surface area contributed by atoms with Crippen molar-refractivity contribution in [2.24, 2.45) is 0 Å². The number of phenolic OH excluding ortho intramolecular Hbond substituents is 1. The molecule has 0 fully saturated rings. The molecular weight excluding hydrogens is 824 g/mol. The average Bonchev–Trinajstić information content (AvgIpc) is 3.55. The predicted octanol–water partition coefficient (Wildman–Crippen LogP) is 12.6. The molecule has 260 valence electrons. The quantitative estimate of drug-likeness (QED) is 0.169. The first kappa shape index (κ1) is 36.4. The second-order valence-corrected chi connectivity index (χ2v) is 16.3. The Morgan fingerprint density at radius 3 is 2.04 bits per heavy atom. The monoisotopic (exact) mass is 866 g/mol. The van der Waals surface area contributed by atoms with Gasteiger partial charge >= 0.3 is 0 Å². The standard InChI is InChI=1S/C46H43N2OS.Pt/c1-29(30-15-10-8-11-16-30)33-23-34(25-35(24-33)40-26-32(21-22-47-40)31-17-12-9-13-18-31)37-19-14-20-41-42(37)48-44(50-41)38-27-36(45(2,3)4)28-39(43(38)49)46(5,6)7;/h8-24,26-29,49H,1-7H3;/q-1;. The maximum Gasteiger partial charge on any atom is 0.129 e. The van der Waals surface area contributed by atoms with E-state index in [-0.39, 0.29) is 37.8 Å². The number of aromatic hydroxyl groups is 1. The molecule has 0 spiro atoms. The van der Waals surface area contributed by atoms with E-state index >= 15 is 0 Å². The molecule has 51 heavy (non-hydrogen) atoms. The zero-order chi connectivity index (χ0) is 35.2. The number of benzene rings is 5. The zero-order valence-electron chi connectivity index (χ0n) is 30.2. The van der Waals surface area contributed by atoms with Gasteiger partial charge in [-0.1, -0.05) is 145 Å². The molecule has 0 aliphatic carbocycles. The number of thiazole rings is 1. The van der Waals surface area contributed by atoms with Crippen LogP contribution in [0, 0.1) is 6.07 Å². The molecule has 3 nitrogen and oxygen atoms in total. The van der Waals surface area contributed by atoms with Gasteiger partial charge in [0.1, 0.15) is 10.8 Å². The Kier molecular flexibility index (Phi) is 10.2. The molecule has 1 unspecified atom stereocenters. The van der Waals surface area contributed by atoms with Crippen molar-refractivity contribution in [2.45, 2.75) is 65.2 Å². The SMILES string of the molecule is CC(c1ccccc1)c1cc(-c2cc(-c3ccccc3)ccn2)[c-]c(-c2cccc3sc(-c4cc(C(C)(C)C)cc(C(C)(C)C)c4O)nc23)c1.[Pt]. The first-order valence-corrected chi connectivity index (χ1v) is 18.1. The van der Waals surface area contributed by atoms with Gasteiger partial charge in [-0.25, -0.2) is 4.98 Å². The van der Waals surface area contributed by atoms with Crippen molar-refractivity contribution in [3.63, 3.8) is 0 Å². The molecule has 0 radical (unpaired) electrons. The van der Waals surface area contributed by atoms with Gasteiger partial charge in [0, 0.05) is 43.2 Å². The second kappa shape index (κ2) is 14.3. The number of hydrogen-bond acceptors (Lipinski definition) is 4. The van der Waals surface area contributed by atoms with Gasteiger partial charge in [0.25, 0.3) is 0 Å². The van der Waals surface area contributed by atoms with Crippen LogP contribution in [0.4, 0.5) is 0 Å². The molecule has 5 aromatic carbocycles. The van der Waals surface area contributed by atoms with E-state index < -0.39 is 0 Å². The topological polar surface area (TPSA) is 46.0 Å². The van der Waals surface area contributed by atoms with Crippen LogP contribution in [0.2, 0.25) is 0 Å². The number of aromatic nitrogens is 2. The van der Waals surface area contributed by atoms with Gasteiger partial charge < -0.3 is 5.11 Å². The fourth-order valence-corrected chi connectivity index (χ4v) is 7.54. The van der Waals surface area contributed by atoms with Crippen LogP contribution in [0.15, 0.2) is 121 Å². The van der Waals surface area contributed by atoms with Crippen LogP contribution in [0.1, 0.15) is 76.6 Å². The number of fused-ring (bicyclic) bond motifs is 1. The first-order chi connectivity index (χ1) is 23.9. The number of nitrogens with zero attached hydrogens (tertiary/aromatic N) is 2. The Bertz CT molecular complexity index is 2320. The minimum absolute atomic E-state index is 0. The van der Waals surface area contributed by atoms with Gasteiger partial charge in [0.2, 0.25) is 0 Å². The molecule has 2 aromatic heterocycles. The molecule has 0 bridgehead atoms. The molecule has 7 rings (SSSR count). The Morgan fingerprint density at radius 1 is 0.667 bits per heavy atom. The summed E-state index contributed by atoms with van der Waals surface area (Å²) in [5, 5.41) is 12.5. The average molecular weight is 867 g/mol. The first-order valence-electron chi connectivity index (χ1n) is 17.3. The smallest absolute Gasteiger partial charge is 0.129 e. The number of pyridine rings is 1. The molecule has 0 saturated carbocycles. The Labute approximate surface area is 320 Å². The molecule has 0 amide bonds. The maximum absolute atomic E-state index is 11.7. The summed E-state index contributed by atoms with van der Waals surface area (Å²) in [6, 6.07) is 44.2. The number of para-hydroxylation sites is 1. The number of phenols is 1. The van der Waals surface area contributed by atoms with Crippen molar-refractivity contribution in [1.29, 1.82) is 0 Å². The van der Waals surface area contributed by atoms with Gasteiger partial charge in [-0.05, 0) is 57.2 Å². The van der Waals surface area contributed by atoms with Gasteiger partial charge in [-0.3, -0.25) is 4.98 Å². The van der Waals surface area contributed by atoms with Gasteiger partial charge in [-0.15, -0.1) is 40.7 Å². The zero-order valence-corrected chi connectivity index (χ0v) is 33.3. The van der Waals surface area contributed by atoms with E-state index in [1.165, 1.54) is 16.7 Å². The number of hydrogen-bond donors (Lipinski definition) is 1. The van der Waals surface area contributed by atoms with Gasteiger partial charge in [-0.2, -0.15) is 0 Å². The van der Waals surface area contributed by atoms with Gasteiger partial charge in [0.15, 0.2) is 0 Å². The van der Waals surface area contributed by atoms with Crippen LogP contribution in [0.5, 0.6) is 5.75 Å². The van der Waals surface area contributed by atoms with E-state index in [1.54, 1.807) is 11.3 Å². The fraction of sp³-hybridized carbons (Fsp3) is 0.217. The molecule has 0 aliphatic heterocycles. The van der Waals surface area contributed by atoms with E-state index in [2.05, 4.69) is 164 Å². The van der Waals surface area contributed by atoms with E-state index in [9.17, 15) is 5.11 Å². The molecule has 2 heterocycles. The third-order valence-corrected chi connectivity index (χ3v) is 10.6. The third kappa shape index (κ3) is 7.50.